The molecule has 1 aliphatic heterocycles. The second-order valence-electron chi connectivity index (χ2n) is 6.63. The van der Waals surface area contributed by atoms with Gasteiger partial charge in [0.25, 0.3) is 5.56 Å². The molecule has 1 saturated heterocycles. The first-order valence-corrected chi connectivity index (χ1v) is 9.21. The lowest BCUT2D eigenvalue weighted by molar-refractivity contribution is 0.342. The van der Waals surface area contributed by atoms with E-state index in [0.717, 1.165) is 18.2 Å². The molecule has 0 spiro atoms. The standard InChI is InChI=1S/C18H19Cl2N3O/c19-13-5-7-14(8-6-13)23-18(24)17(20)16(11-21-23)22-10-9-12-3-1-2-4-15(12)22/h5-8,11-12,15H,1-4,9-10H2. The molecule has 0 radical (unpaired) electrons. The summed E-state index contributed by atoms with van der Waals surface area (Å²) in [6.45, 7) is 0.959. The number of halogens is 2. The minimum absolute atomic E-state index is 0.256. The van der Waals surface area contributed by atoms with Gasteiger partial charge in [0.05, 0.1) is 17.6 Å². The van der Waals surface area contributed by atoms with Crippen molar-refractivity contribution in [2.75, 3.05) is 11.4 Å². The predicted octanol–water partition coefficient (Wildman–Crippen LogP) is 4.31. The Balaban J connectivity index is 1.70. The number of aromatic nitrogens is 2. The minimum Gasteiger partial charge on any atom is -0.366 e. The topological polar surface area (TPSA) is 38.1 Å². The Bertz CT molecular complexity index is 803. The van der Waals surface area contributed by atoms with Crippen molar-refractivity contribution in [1.29, 1.82) is 0 Å². The summed E-state index contributed by atoms with van der Waals surface area (Å²) in [6.07, 6.45) is 7.95. The van der Waals surface area contributed by atoms with Gasteiger partial charge in [0.1, 0.15) is 5.02 Å². The Morgan fingerprint density at radius 2 is 1.79 bits per heavy atom. The molecule has 0 amide bonds. The zero-order valence-electron chi connectivity index (χ0n) is 13.3. The normalized spacial score (nSPS) is 23.3. The fraction of sp³-hybridized carbons (Fsp3) is 0.444. The smallest absolute Gasteiger partial charge is 0.292 e. The molecule has 2 atom stereocenters. The Kier molecular flexibility index (Phi) is 4.27. The third-order valence-electron chi connectivity index (χ3n) is 5.29. The maximum Gasteiger partial charge on any atom is 0.292 e. The number of fused-ring (bicyclic) bond motifs is 1. The fourth-order valence-electron chi connectivity index (χ4n) is 4.10. The number of benzene rings is 1. The van der Waals surface area contributed by atoms with Crippen LogP contribution in [0, 0.1) is 5.92 Å². The molecule has 1 aromatic carbocycles. The van der Waals surface area contributed by atoms with E-state index in [1.165, 1.54) is 36.8 Å². The monoisotopic (exact) mass is 363 g/mol. The summed E-state index contributed by atoms with van der Waals surface area (Å²) >= 11 is 12.4. The number of nitrogens with zero attached hydrogens (tertiary/aromatic N) is 3. The Morgan fingerprint density at radius 3 is 2.58 bits per heavy atom. The van der Waals surface area contributed by atoms with Gasteiger partial charge in [0.15, 0.2) is 0 Å². The quantitative estimate of drug-likeness (QED) is 0.797. The van der Waals surface area contributed by atoms with Crippen LogP contribution in [0.5, 0.6) is 0 Å². The van der Waals surface area contributed by atoms with E-state index in [2.05, 4.69) is 10.00 Å². The summed E-state index contributed by atoms with van der Waals surface area (Å²) < 4.78 is 1.33. The highest BCUT2D eigenvalue weighted by Crippen LogP contribution is 2.40. The molecule has 1 aromatic heterocycles. The molecule has 2 unspecified atom stereocenters. The lowest BCUT2D eigenvalue weighted by Crippen LogP contribution is -2.36. The molecule has 24 heavy (non-hydrogen) atoms. The average Bonchev–Trinajstić information content (AvgIpc) is 3.02. The van der Waals surface area contributed by atoms with Crippen LogP contribution < -0.4 is 10.5 Å². The minimum atomic E-state index is -0.282. The van der Waals surface area contributed by atoms with E-state index in [4.69, 9.17) is 23.2 Å². The molecule has 2 aromatic rings. The summed E-state index contributed by atoms with van der Waals surface area (Å²) in [4.78, 5) is 15.0. The molecule has 1 aliphatic carbocycles. The van der Waals surface area contributed by atoms with Crippen molar-refractivity contribution in [2.45, 2.75) is 38.1 Å². The van der Waals surface area contributed by atoms with Crippen LogP contribution in [-0.4, -0.2) is 22.4 Å². The maximum absolute atomic E-state index is 12.7. The first-order chi connectivity index (χ1) is 11.6. The van der Waals surface area contributed by atoms with E-state index in [0.29, 0.717) is 16.8 Å². The highest BCUT2D eigenvalue weighted by atomic mass is 35.5. The van der Waals surface area contributed by atoms with E-state index < -0.39 is 0 Å². The van der Waals surface area contributed by atoms with E-state index >= 15 is 0 Å². The average molecular weight is 364 g/mol. The van der Waals surface area contributed by atoms with Crippen LogP contribution in [-0.2, 0) is 0 Å². The first-order valence-electron chi connectivity index (χ1n) is 8.45. The van der Waals surface area contributed by atoms with Crippen molar-refractivity contribution < 1.29 is 0 Å². The van der Waals surface area contributed by atoms with Gasteiger partial charge in [-0.3, -0.25) is 4.79 Å². The molecule has 2 heterocycles. The SMILES string of the molecule is O=c1c(Cl)c(N2CCC3CCCCC32)cnn1-c1ccc(Cl)cc1. The second-order valence-corrected chi connectivity index (χ2v) is 7.45. The third kappa shape index (κ3) is 2.72. The van der Waals surface area contributed by atoms with Gasteiger partial charge >= 0.3 is 0 Å². The van der Waals surface area contributed by atoms with Gasteiger partial charge in [-0.15, -0.1) is 0 Å². The first kappa shape index (κ1) is 16.0. The van der Waals surface area contributed by atoms with Crippen LogP contribution in [0.2, 0.25) is 10.0 Å². The van der Waals surface area contributed by atoms with E-state index in [-0.39, 0.29) is 10.6 Å². The van der Waals surface area contributed by atoms with Crippen LogP contribution in [0.3, 0.4) is 0 Å². The van der Waals surface area contributed by atoms with E-state index in [9.17, 15) is 4.79 Å². The van der Waals surface area contributed by atoms with Crippen molar-refractivity contribution in [3.05, 3.63) is 50.9 Å². The Labute approximate surface area is 151 Å². The van der Waals surface area contributed by atoms with Crippen molar-refractivity contribution in [3.8, 4) is 5.69 Å². The van der Waals surface area contributed by atoms with Gasteiger partial charge in [-0.1, -0.05) is 36.0 Å². The van der Waals surface area contributed by atoms with E-state index in [1.807, 2.05) is 0 Å². The maximum atomic E-state index is 12.7. The molecule has 4 rings (SSSR count). The number of anilines is 1. The van der Waals surface area contributed by atoms with Crippen molar-refractivity contribution in [2.24, 2.45) is 5.92 Å². The van der Waals surface area contributed by atoms with Gasteiger partial charge in [0.2, 0.25) is 0 Å². The summed E-state index contributed by atoms with van der Waals surface area (Å²) in [7, 11) is 0. The van der Waals surface area contributed by atoms with Crippen molar-refractivity contribution >= 4 is 28.9 Å². The van der Waals surface area contributed by atoms with Crippen LogP contribution in [0.25, 0.3) is 5.69 Å². The Hall–Kier alpha value is -1.52. The number of hydrogen-bond acceptors (Lipinski definition) is 3. The fourth-order valence-corrected chi connectivity index (χ4v) is 4.46. The summed E-state index contributed by atoms with van der Waals surface area (Å²) in [5, 5.41) is 5.23. The lowest BCUT2D eigenvalue weighted by Gasteiger charge is -2.33. The molecule has 2 aliphatic rings. The summed E-state index contributed by atoms with van der Waals surface area (Å²) in [6, 6.07) is 7.50. The van der Waals surface area contributed by atoms with Gasteiger partial charge < -0.3 is 4.90 Å². The molecule has 6 heteroatoms. The highest BCUT2D eigenvalue weighted by Gasteiger charge is 2.37. The Morgan fingerprint density at radius 1 is 1.04 bits per heavy atom. The number of rotatable bonds is 2. The van der Waals surface area contributed by atoms with Crippen LogP contribution >= 0.6 is 23.2 Å². The van der Waals surface area contributed by atoms with Crippen LogP contribution in [0.4, 0.5) is 5.69 Å². The lowest BCUT2D eigenvalue weighted by atomic mass is 9.85. The van der Waals surface area contributed by atoms with E-state index in [1.54, 1.807) is 30.5 Å². The molecular formula is C18H19Cl2N3O. The molecule has 0 bridgehead atoms. The van der Waals surface area contributed by atoms with Gasteiger partial charge in [-0.2, -0.15) is 9.78 Å². The summed E-state index contributed by atoms with van der Waals surface area (Å²) in [5.41, 5.74) is 1.16. The van der Waals surface area contributed by atoms with Crippen molar-refractivity contribution in [3.63, 3.8) is 0 Å². The third-order valence-corrected chi connectivity index (χ3v) is 5.90. The van der Waals surface area contributed by atoms with Gasteiger partial charge in [-0.25, -0.2) is 0 Å². The molecule has 4 nitrogen and oxygen atoms in total. The van der Waals surface area contributed by atoms with Crippen molar-refractivity contribution in [1.82, 2.24) is 9.78 Å². The number of hydrogen-bond donors (Lipinski definition) is 0. The molecule has 1 saturated carbocycles. The van der Waals surface area contributed by atoms with Gasteiger partial charge in [0, 0.05) is 17.6 Å². The molecule has 0 N–H and O–H groups in total. The zero-order chi connectivity index (χ0) is 16.7. The molecular weight excluding hydrogens is 345 g/mol. The molecule has 126 valence electrons. The summed E-state index contributed by atoms with van der Waals surface area (Å²) in [5.74, 6) is 0.730. The zero-order valence-corrected chi connectivity index (χ0v) is 14.8. The largest absolute Gasteiger partial charge is 0.366 e. The van der Waals surface area contributed by atoms with Crippen LogP contribution in [0.1, 0.15) is 32.1 Å². The molecule has 2 fully saturated rings. The second kappa shape index (κ2) is 6.41. The predicted molar refractivity (Wildman–Crippen MR) is 97.6 cm³/mol. The highest BCUT2D eigenvalue weighted by molar-refractivity contribution is 6.33. The van der Waals surface area contributed by atoms with Crippen LogP contribution in [0.15, 0.2) is 35.3 Å². The van der Waals surface area contributed by atoms with Gasteiger partial charge in [-0.05, 0) is 49.4 Å².